The van der Waals surface area contributed by atoms with Gasteiger partial charge in [0.25, 0.3) is 0 Å². The highest BCUT2D eigenvalue weighted by Crippen LogP contribution is 2.35. The molecule has 2 aliphatic rings. The van der Waals surface area contributed by atoms with Gasteiger partial charge in [-0.15, -0.1) is 0 Å². The van der Waals surface area contributed by atoms with Gasteiger partial charge in [0, 0.05) is 31.6 Å². The van der Waals surface area contributed by atoms with Crippen molar-refractivity contribution in [1.29, 1.82) is 0 Å². The Kier molecular flexibility index (Phi) is 4.89. The van der Waals surface area contributed by atoms with Crippen molar-refractivity contribution in [2.24, 2.45) is 13.0 Å². The third-order valence-electron chi connectivity index (χ3n) is 5.50. The summed E-state index contributed by atoms with van der Waals surface area (Å²) >= 11 is 0. The zero-order valence-corrected chi connectivity index (χ0v) is 16.0. The maximum absolute atomic E-state index is 4.99. The average Bonchev–Trinajstić information content (AvgIpc) is 3.35. The molecule has 0 unspecified atom stereocenters. The summed E-state index contributed by atoms with van der Waals surface area (Å²) < 4.78 is 1.86. The Hall–Kier alpha value is -2.02. The molecule has 140 valence electrons. The minimum Gasteiger partial charge on any atom is -0.360 e. The second-order valence-corrected chi connectivity index (χ2v) is 8.01. The van der Waals surface area contributed by atoms with Gasteiger partial charge in [0.05, 0.1) is 11.7 Å². The standard InChI is InChI=1S/C19H29N7/c1-12(2)8-15(19-21-11-22-26(19)3)23-18-14-9-20-10-16(14)24-17(25-18)13-6-4-5-7-13/h11-13,15,20H,4-10H2,1-3H3,(H,23,24,25)/t15-/m1/s1. The first kappa shape index (κ1) is 17.4. The van der Waals surface area contributed by atoms with Crippen LogP contribution in [0.4, 0.5) is 5.82 Å². The number of aromatic nitrogens is 5. The van der Waals surface area contributed by atoms with E-state index in [2.05, 4.69) is 34.6 Å². The molecule has 0 saturated heterocycles. The highest BCUT2D eigenvalue weighted by atomic mass is 15.3. The van der Waals surface area contributed by atoms with Crippen LogP contribution in [-0.2, 0) is 20.1 Å². The van der Waals surface area contributed by atoms with Crippen molar-refractivity contribution in [2.45, 2.75) is 71.0 Å². The monoisotopic (exact) mass is 355 g/mol. The van der Waals surface area contributed by atoms with E-state index in [-0.39, 0.29) is 6.04 Å². The molecule has 2 aromatic heterocycles. The molecule has 0 amide bonds. The second kappa shape index (κ2) is 7.31. The molecule has 7 heteroatoms. The van der Waals surface area contributed by atoms with Crippen LogP contribution in [0.5, 0.6) is 0 Å². The Labute approximate surface area is 155 Å². The number of nitrogens with one attached hydrogen (secondary N) is 2. The van der Waals surface area contributed by atoms with E-state index in [0.717, 1.165) is 42.7 Å². The largest absolute Gasteiger partial charge is 0.360 e. The topological polar surface area (TPSA) is 80.6 Å². The highest BCUT2D eigenvalue weighted by molar-refractivity contribution is 5.50. The molecule has 1 aliphatic carbocycles. The molecule has 2 N–H and O–H groups in total. The van der Waals surface area contributed by atoms with E-state index in [4.69, 9.17) is 9.97 Å². The first-order valence-corrected chi connectivity index (χ1v) is 9.82. The highest BCUT2D eigenvalue weighted by Gasteiger charge is 2.27. The van der Waals surface area contributed by atoms with E-state index in [9.17, 15) is 0 Å². The van der Waals surface area contributed by atoms with Crippen LogP contribution in [0.3, 0.4) is 0 Å². The third-order valence-corrected chi connectivity index (χ3v) is 5.50. The van der Waals surface area contributed by atoms with E-state index in [1.807, 2.05) is 11.7 Å². The summed E-state index contributed by atoms with van der Waals surface area (Å²) in [5.41, 5.74) is 2.37. The fourth-order valence-corrected chi connectivity index (χ4v) is 4.16. The predicted molar refractivity (Wildman–Crippen MR) is 101 cm³/mol. The molecule has 1 atom stereocenters. The Bertz CT molecular complexity index is 761. The average molecular weight is 355 g/mol. The van der Waals surface area contributed by atoms with Gasteiger partial charge in [-0.25, -0.2) is 15.0 Å². The molecule has 4 rings (SSSR count). The van der Waals surface area contributed by atoms with Crippen molar-refractivity contribution < 1.29 is 0 Å². The van der Waals surface area contributed by atoms with E-state index in [0.29, 0.717) is 11.8 Å². The summed E-state index contributed by atoms with van der Waals surface area (Å²) in [5, 5.41) is 11.4. The number of nitrogens with zero attached hydrogens (tertiary/aromatic N) is 5. The lowest BCUT2D eigenvalue weighted by atomic mass is 10.0. The van der Waals surface area contributed by atoms with E-state index in [1.165, 1.54) is 31.2 Å². The second-order valence-electron chi connectivity index (χ2n) is 8.01. The summed E-state index contributed by atoms with van der Waals surface area (Å²) in [6.45, 7) is 6.14. The van der Waals surface area contributed by atoms with Gasteiger partial charge in [-0.1, -0.05) is 26.7 Å². The van der Waals surface area contributed by atoms with Crippen molar-refractivity contribution in [3.63, 3.8) is 0 Å². The molecule has 2 aromatic rings. The molecular weight excluding hydrogens is 326 g/mol. The zero-order chi connectivity index (χ0) is 18.1. The first-order chi connectivity index (χ1) is 12.6. The first-order valence-electron chi connectivity index (χ1n) is 9.82. The molecule has 3 heterocycles. The van der Waals surface area contributed by atoms with E-state index < -0.39 is 0 Å². The fraction of sp³-hybridized carbons (Fsp3) is 0.684. The summed E-state index contributed by atoms with van der Waals surface area (Å²) in [6.07, 6.45) is 7.62. The lowest BCUT2D eigenvalue weighted by molar-refractivity contribution is 0.496. The fourth-order valence-electron chi connectivity index (χ4n) is 4.16. The molecular formula is C19H29N7. The van der Waals surface area contributed by atoms with Gasteiger partial charge < -0.3 is 10.6 Å². The minimum atomic E-state index is 0.0959. The van der Waals surface area contributed by atoms with Gasteiger partial charge >= 0.3 is 0 Å². The number of aryl methyl sites for hydroxylation is 1. The van der Waals surface area contributed by atoms with Crippen LogP contribution < -0.4 is 10.6 Å². The van der Waals surface area contributed by atoms with Gasteiger partial charge in [-0.3, -0.25) is 4.68 Å². The quantitative estimate of drug-likeness (QED) is 0.829. The van der Waals surface area contributed by atoms with E-state index in [1.54, 1.807) is 6.33 Å². The number of fused-ring (bicyclic) bond motifs is 1. The lowest BCUT2D eigenvalue weighted by Crippen LogP contribution is -2.20. The van der Waals surface area contributed by atoms with Crippen molar-refractivity contribution in [1.82, 2.24) is 30.0 Å². The maximum atomic E-state index is 4.99. The Morgan fingerprint density at radius 3 is 2.73 bits per heavy atom. The summed E-state index contributed by atoms with van der Waals surface area (Å²) in [5.74, 6) is 4.02. The lowest BCUT2D eigenvalue weighted by Gasteiger charge is -2.22. The molecule has 1 saturated carbocycles. The SMILES string of the molecule is CC(C)C[C@@H](Nc1nc(C2CCCC2)nc2c1CNC2)c1ncnn1C. The van der Waals surface area contributed by atoms with Gasteiger partial charge in [0.15, 0.2) is 0 Å². The summed E-state index contributed by atoms with van der Waals surface area (Å²) in [4.78, 5) is 14.4. The van der Waals surface area contributed by atoms with Gasteiger partial charge in [-0.05, 0) is 25.2 Å². The van der Waals surface area contributed by atoms with Crippen molar-refractivity contribution in [2.75, 3.05) is 5.32 Å². The summed E-state index contributed by atoms with van der Waals surface area (Å²) in [7, 11) is 1.95. The Morgan fingerprint density at radius 2 is 2.04 bits per heavy atom. The molecule has 0 aromatic carbocycles. The molecule has 0 radical (unpaired) electrons. The van der Waals surface area contributed by atoms with Crippen LogP contribution in [0.15, 0.2) is 6.33 Å². The predicted octanol–water partition coefficient (Wildman–Crippen LogP) is 3.07. The molecule has 0 bridgehead atoms. The molecule has 26 heavy (non-hydrogen) atoms. The van der Waals surface area contributed by atoms with Crippen LogP contribution in [0, 0.1) is 5.92 Å². The van der Waals surface area contributed by atoms with Gasteiger partial charge in [-0.2, -0.15) is 5.10 Å². The van der Waals surface area contributed by atoms with Gasteiger partial charge in [0.1, 0.15) is 23.8 Å². The molecule has 7 nitrogen and oxygen atoms in total. The minimum absolute atomic E-state index is 0.0959. The van der Waals surface area contributed by atoms with Crippen molar-refractivity contribution in [3.8, 4) is 0 Å². The van der Waals surface area contributed by atoms with Crippen LogP contribution in [-0.4, -0.2) is 24.7 Å². The van der Waals surface area contributed by atoms with Crippen LogP contribution in [0.2, 0.25) is 0 Å². The number of hydrogen-bond donors (Lipinski definition) is 2. The smallest absolute Gasteiger partial charge is 0.149 e. The van der Waals surface area contributed by atoms with E-state index >= 15 is 0 Å². The van der Waals surface area contributed by atoms with Gasteiger partial charge in [0.2, 0.25) is 0 Å². The maximum Gasteiger partial charge on any atom is 0.149 e. The number of anilines is 1. The normalized spacial score (nSPS) is 18.5. The summed E-state index contributed by atoms with van der Waals surface area (Å²) in [6, 6.07) is 0.0959. The molecule has 1 aliphatic heterocycles. The van der Waals surface area contributed by atoms with Crippen molar-refractivity contribution in [3.05, 3.63) is 29.2 Å². The van der Waals surface area contributed by atoms with Crippen LogP contribution >= 0.6 is 0 Å². The third kappa shape index (κ3) is 3.45. The molecule has 0 spiro atoms. The number of hydrogen-bond acceptors (Lipinski definition) is 6. The zero-order valence-electron chi connectivity index (χ0n) is 16.0. The van der Waals surface area contributed by atoms with Crippen LogP contribution in [0.25, 0.3) is 0 Å². The van der Waals surface area contributed by atoms with Crippen LogP contribution in [0.1, 0.15) is 80.8 Å². The Balaban J connectivity index is 1.67. The Morgan fingerprint density at radius 1 is 1.23 bits per heavy atom. The van der Waals surface area contributed by atoms with Crippen molar-refractivity contribution >= 4 is 5.82 Å². The molecule has 1 fully saturated rings. The number of rotatable bonds is 6.